The van der Waals surface area contributed by atoms with E-state index in [-0.39, 0.29) is 5.38 Å². The van der Waals surface area contributed by atoms with Crippen LogP contribution in [0.5, 0.6) is 0 Å². The lowest BCUT2D eigenvalue weighted by atomic mass is 9.65. The molecule has 1 aliphatic heterocycles. The Morgan fingerprint density at radius 1 is 1.20 bits per heavy atom. The Morgan fingerprint density at radius 2 is 1.90 bits per heavy atom. The van der Waals surface area contributed by atoms with Crippen LogP contribution in [-0.4, -0.2) is 24.0 Å². The molecule has 0 aromatic heterocycles. The Labute approximate surface area is 128 Å². The van der Waals surface area contributed by atoms with Crippen molar-refractivity contribution in [3.05, 3.63) is 35.9 Å². The number of rotatable bonds is 3. The second kappa shape index (κ2) is 5.03. The molecule has 3 unspecified atom stereocenters. The van der Waals surface area contributed by atoms with Crippen LogP contribution in [0.4, 0.5) is 0 Å². The van der Waals surface area contributed by atoms with E-state index in [9.17, 15) is 0 Å². The van der Waals surface area contributed by atoms with Gasteiger partial charge in [0.1, 0.15) is 0 Å². The van der Waals surface area contributed by atoms with Gasteiger partial charge in [0.15, 0.2) is 0 Å². The van der Waals surface area contributed by atoms with Crippen LogP contribution in [0, 0.1) is 10.8 Å². The van der Waals surface area contributed by atoms with E-state index in [1.165, 1.54) is 31.4 Å². The van der Waals surface area contributed by atoms with E-state index >= 15 is 0 Å². The minimum Gasteiger partial charge on any atom is -0.298 e. The highest BCUT2D eigenvalue weighted by atomic mass is 35.5. The molecule has 0 radical (unpaired) electrons. The molecule has 1 aromatic carbocycles. The molecule has 0 spiro atoms. The van der Waals surface area contributed by atoms with E-state index in [1.54, 1.807) is 0 Å². The number of fused-ring (bicyclic) bond motifs is 2. The lowest BCUT2D eigenvalue weighted by Gasteiger charge is -2.40. The average molecular weight is 292 g/mol. The zero-order valence-corrected chi connectivity index (χ0v) is 13.7. The van der Waals surface area contributed by atoms with Gasteiger partial charge in [0, 0.05) is 19.1 Å². The number of hydrogen-bond acceptors (Lipinski definition) is 1. The van der Waals surface area contributed by atoms with E-state index in [2.05, 4.69) is 56.0 Å². The Balaban J connectivity index is 1.70. The fraction of sp³-hybridized carbons (Fsp3) is 0.667. The first-order valence-electron chi connectivity index (χ1n) is 7.80. The van der Waals surface area contributed by atoms with Crippen LogP contribution in [0.15, 0.2) is 30.3 Å². The van der Waals surface area contributed by atoms with Crippen molar-refractivity contribution in [3.63, 3.8) is 0 Å². The molecule has 0 N–H and O–H groups in total. The molecule has 2 bridgehead atoms. The number of halogens is 1. The van der Waals surface area contributed by atoms with Crippen molar-refractivity contribution in [1.29, 1.82) is 0 Å². The van der Waals surface area contributed by atoms with Gasteiger partial charge >= 0.3 is 0 Å². The first-order valence-corrected chi connectivity index (χ1v) is 8.24. The predicted octanol–water partition coefficient (Wildman–Crippen LogP) is 4.87. The van der Waals surface area contributed by atoms with Crippen LogP contribution in [-0.2, 0) is 0 Å². The molecule has 110 valence electrons. The molecular weight excluding hydrogens is 266 g/mol. The van der Waals surface area contributed by atoms with Crippen molar-refractivity contribution in [1.82, 2.24) is 4.90 Å². The number of nitrogens with zero attached hydrogens (tertiary/aromatic N) is 1. The van der Waals surface area contributed by atoms with Gasteiger partial charge in [-0.15, -0.1) is 11.6 Å². The summed E-state index contributed by atoms with van der Waals surface area (Å²) in [6, 6.07) is 11.2. The SMILES string of the molecule is CC1(C)CC2CC(C)(CN2CC(Cl)c2ccccc2)C1. The topological polar surface area (TPSA) is 3.24 Å². The predicted molar refractivity (Wildman–Crippen MR) is 86.1 cm³/mol. The van der Waals surface area contributed by atoms with Crippen molar-refractivity contribution < 1.29 is 0 Å². The highest BCUT2D eigenvalue weighted by molar-refractivity contribution is 6.21. The summed E-state index contributed by atoms with van der Waals surface area (Å²) in [6.45, 7) is 9.53. The highest BCUT2D eigenvalue weighted by Crippen LogP contribution is 2.52. The molecule has 1 heterocycles. The van der Waals surface area contributed by atoms with Crippen molar-refractivity contribution in [3.8, 4) is 0 Å². The van der Waals surface area contributed by atoms with Crippen molar-refractivity contribution >= 4 is 11.6 Å². The van der Waals surface area contributed by atoms with Gasteiger partial charge in [0.2, 0.25) is 0 Å². The monoisotopic (exact) mass is 291 g/mol. The van der Waals surface area contributed by atoms with Gasteiger partial charge in [-0.05, 0) is 35.7 Å². The van der Waals surface area contributed by atoms with Gasteiger partial charge in [-0.1, -0.05) is 51.1 Å². The van der Waals surface area contributed by atoms with Gasteiger partial charge in [0.25, 0.3) is 0 Å². The largest absolute Gasteiger partial charge is 0.298 e. The van der Waals surface area contributed by atoms with E-state index in [1.807, 2.05) is 0 Å². The first-order chi connectivity index (χ1) is 9.37. The van der Waals surface area contributed by atoms with Gasteiger partial charge in [-0.2, -0.15) is 0 Å². The van der Waals surface area contributed by atoms with Crippen molar-refractivity contribution in [2.75, 3.05) is 13.1 Å². The smallest absolute Gasteiger partial charge is 0.0712 e. The van der Waals surface area contributed by atoms with Crippen LogP contribution >= 0.6 is 11.6 Å². The van der Waals surface area contributed by atoms with E-state index in [0.717, 1.165) is 12.6 Å². The fourth-order valence-electron chi connectivity index (χ4n) is 4.76. The normalized spacial score (nSPS) is 34.1. The molecule has 1 saturated heterocycles. The highest BCUT2D eigenvalue weighted by Gasteiger charge is 2.49. The Bertz CT molecular complexity index is 470. The van der Waals surface area contributed by atoms with Crippen LogP contribution in [0.2, 0.25) is 0 Å². The molecule has 0 amide bonds. The van der Waals surface area contributed by atoms with Gasteiger partial charge in [-0.3, -0.25) is 4.90 Å². The Morgan fingerprint density at radius 3 is 2.60 bits per heavy atom. The van der Waals surface area contributed by atoms with Crippen molar-refractivity contribution in [2.45, 2.75) is 51.5 Å². The molecule has 1 saturated carbocycles. The maximum Gasteiger partial charge on any atom is 0.0712 e. The lowest BCUT2D eigenvalue weighted by molar-refractivity contribution is 0.127. The number of benzene rings is 1. The molecular formula is C18H26ClN. The number of likely N-dealkylation sites (tertiary alicyclic amines) is 1. The second-order valence-electron chi connectivity index (χ2n) is 8.02. The second-order valence-corrected chi connectivity index (χ2v) is 8.55. The van der Waals surface area contributed by atoms with Crippen LogP contribution in [0.3, 0.4) is 0 Å². The quantitative estimate of drug-likeness (QED) is 0.718. The third-order valence-corrected chi connectivity index (χ3v) is 5.47. The Hall–Kier alpha value is -0.530. The first kappa shape index (κ1) is 14.4. The summed E-state index contributed by atoms with van der Waals surface area (Å²) in [4.78, 5) is 2.65. The molecule has 1 aromatic rings. The molecule has 1 aliphatic carbocycles. The molecule has 2 aliphatic rings. The average Bonchev–Trinajstić information content (AvgIpc) is 2.59. The number of alkyl halides is 1. The fourth-order valence-corrected chi connectivity index (χ4v) is 5.09. The molecule has 1 nitrogen and oxygen atoms in total. The summed E-state index contributed by atoms with van der Waals surface area (Å²) >= 11 is 6.65. The van der Waals surface area contributed by atoms with E-state index in [0.29, 0.717) is 10.8 Å². The minimum atomic E-state index is 0.113. The van der Waals surface area contributed by atoms with Crippen LogP contribution in [0.1, 0.15) is 51.0 Å². The molecule has 20 heavy (non-hydrogen) atoms. The molecule has 2 fully saturated rings. The molecule has 2 heteroatoms. The maximum absolute atomic E-state index is 6.65. The standard InChI is InChI=1S/C18H26ClN/c1-17(2)9-15-10-18(3,12-17)13-20(15)11-16(19)14-7-5-4-6-8-14/h4-8,15-16H,9-13H2,1-3H3. The third-order valence-electron chi connectivity index (χ3n) is 5.08. The Kier molecular flexibility index (Phi) is 3.63. The minimum absolute atomic E-state index is 0.113. The van der Waals surface area contributed by atoms with Gasteiger partial charge in [-0.25, -0.2) is 0 Å². The van der Waals surface area contributed by atoms with E-state index < -0.39 is 0 Å². The molecule has 3 atom stereocenters. The summed E-state index contributed by atoms with van der Waals surface area (Å²) < 4.78 is 0. The van der Waals surface area contributed by atoms with Crippen molar-refractivity contribution in [2.24, 2.45) is 10.8 Å². The molecule has 3 rings (SSSR count). The maximum atomic E-state index is 6.65. The lowest BCUT2D eigenvalue weighted by Crippen LogP contribution is -2.35. The van der Waals surface area contributed by atoms with Gasteiger partial charge < -0.3 is 0 Å². The zero-order valence-electron chi connectivity index (χ0n) is 12.9. The number of hydrogen-bond donors (Lipinski definition) is 0. The van der Waals surface area contributed by atoms with Gasteiger partial charge in [0.05, 0.1) is 5.38 Å². The third kappa shape index (κ3) is 2.89. The zero-order chi connectivity index (χ0) is 14.4. The summed E-state index contributed by atoms with van der Waals surface area (Å²) in [5.41, 5.74) is 2.24. The van der Waals surface area contributed by atoms with E-state index in [4.69, 9.17) is 11.6 Å². The summed E-state index contributed by atoms with van der Waals surface area (Å²) in [7, 11) is 0. The summed E-state index contributed by atoms with van der Waals surface area (Å²) in [5, 5.41) is 0.113. The van der Waals surface area contributed by atoms with Crippen LogP contribution < -0.4 is 0 Å². The summed E-state index contributed by atoms with van der Waals surface area (Å²) in [6.07, 6.45) is 4.03. The van der Waals surface area contributed by atoms with Crippen LogP contribution in [0.25, 0.3) is 0 Å². The summed E-state index contributed by atoms with van der Waals surface area (Å²) in [5.74, 6) is 0.